The Balaban J connectivity index is 2.04. The van der Waals surface area contributed by atoms with Crippen LogP contribution in [0.3, 0.4) is 0 Å². The van der Waals surface area contributed by atoms with Gasteiger partial charge in [0.15, 0.2) is 6.29 Å². The van der Waals surface area contributed by atoms with Crippen LogP contribution in [0, 0.1) is 0 Å². The molecule has 2 rings (SSSR count). The largest absolute Gasteiger partial charge is 0.488 e. The fraction of sp³-hybridized carbons (Fsp3) is 0.0625. The van der Waals surface area contributed by atoms with Gasteiger partial charge in [0, 0.05) is 0 Å². The van der Waals surface area contributed by atoms with Gasteiger partial charge in [-0.15, -0.1) is 0 Å². The first-order valence-electron chi connectivity index (χ1n) is 5.71. The van der Waals surface area contributed by atoms with Gasteiger partial charge in [-0.2, -0.15) is 0 Å². The number of ether oxygens (including phenoxy) is 1. The minimum absolute atomic E-state index is 0.370. The van der Waals surface area contributed by atoms with Crippen molar-refractivity contribution < 1.29 is 9.53 Å². The molecule has 2 aromatic rings. The normalized spacial score (nSPS) is 9.78. The van der Waals surface area contributed by atoms with E-state index >= 15 is 0 Å². The molecule has 2 heteroatoms. The Morgan fingerprint density at radius 3 is 2.44 bits per heavy atom. The smallest absolute Gasteiger partial charge is 0.153 e. The Kier molecular flexibility index (Phi) is 3.92. The second kappa shape index (κ2) is 5.82. The molecule has 2 aromatic carbocycles. The maximum atomic E-state index is 10.8. The molecule has 0 fully saturated rings. The highest BCUT2D eigenvalue weighted by Gasteiger charge is 2.03. The summed E-state index contributed by atoms with van der Waals surface area (Å²) in [6.45, 7) is 4.35. The topological polar surface area (TPSA) is 26.3 Å². The molecular weight excluding hydrogens is 224 g/mol. The summed E-state index contributed by atoms with van der Waals surface area (Å²) in [6.07, 6.45) is 0.792. The fourth-order valence-corrected chi connectivity index (χ4v) is 1.63. The number of hydrogen-bond donors (Lipinski definition) is 0. The molecule has 0 bridgehead atoms. The molecule has 0 aliphatic heterocycles. The third kappa shape index (κ3) is 2.86. The summed E-state index contributed by atoms with van der Waals surface area (Å²) < 4.78 is 5.61. The Morgan fingerprint density at radius 1 is 1.06 bits per heavy atom. The molecular formula is C16H14O2. The average Bonchev–Trinajstić information content (AvgIpc) is 2.46. The zero-order valence-corrected chi connectivity index (χ0v) is 10.0. The molecule has 0 saturated carbocycles. The van der Waals surface area contributed by atoms with Crippen molar-refractivity contribution in [2.24, 2.45) is 0 Å². The van der Waals surface area contributed by atoms with Gasteiger partial charge in [0.05, 0.1) is 5.56 Å². The maximum absolute atomic E-state index is 10.8. The highest BCUT2D eigenvalue weighted by Crippen LogP contribution is 2.18. The van der Waals surface area contributed by atoms with Gasteiger partial charge in [0.2, 0.25) is 0 Å². The summed E-state index contributed by atoms with van der Waals surface area (Å²) in [5.41, 5.74) is 2.48. The molecule has 0 saturated heterocycles. The van der Waals surface area contributed by atoms with E-state index in [1.807, 2.05) is 42.5 Å². The van der Waals surface area contributed by atoms with E-state index in [1.54, 1.807) is 12.1 Å². The number of benzene rings is 2. The predicted octanol–water partition coefficient (Wildman–Crippen LogP) is 3.59. The number of rotatable bonds is 5. The van der Waals surface area contributed by atoms with Crippen LogP contribution < -0.4 is 4.74 Å². The molecule has 2 nitrogen and oxygen atoms in total. The molecule has 0 N–H and O–H groups in total. The second-order valence-corrected chi connectivity index (χ2v) is 3.91. The summed E-state index contributed by atoms with van der Waals surface area (Å²) in [7, 11) is 0. The van der Waals surface area contributed by atoms with E-state index in [0.717, 1.165) is 17.4 Å². The van der Waals surface area contributed by atoms with Crippen LogP contribution in [-0.4, -0.2) is 12.9 Å². The zero-order chi connectivity index (χ0) is 12.8. The third-order valence-electron chi connectivity index (χ3n) is 2.63. The van der Waals surface area contributed by atoms with Gasteiger partial charge in [0.25, 0.3) is 0 Å². The molecule has 90 valence electrons. The number of carbonyl (C=O) groups is 1. The van der Waals surface area contributed by atoms with Gasteiger partial charge in [-0.05, 0) is 23.3 Å². The molecule has 0 amide bonds. The number of carbonyl (C=O) groups excluding carboxylic acids is 1. The van der Waals surface area contributed by atoms with Crippen LogP contribution in [0.15, 0.2) is 61.2 Å². The molecule has 0 atom stereocenters. The second-order valence-electron chi connectivity index (χ2n) is 3.91. The first-order chi connectivity index (χ1) is 8.81. The van der Waals surface area contributed by atoms with Gasteiger partial charge >= 0.3 is 0 Å². The van der Waals surface area contributed by atoms with Gasteiger partial charge in [-0.1, -0.05) is 49.0 Å². The standard InChI is InChI=1S/C16H14O2/c1-13(14-7-3-2-4-8-14)12-18-16-10-6-5-9-15(16)11-17/h2-11H,1,12H2. The van der Waals surface area contributed by atoms with Crippen molar-refractivity contribution in [3.63, 3.8) is 0 Å². The van der Waals surface area contributed by atoms with E-state index in [4.69, 9.17) is 4.74 Å². The SMILES string of the molecule is C=C(COc1ccccc1C=O)c1ccccc1. The lowest BCUT2D eigenvalue weighted by molar-refractivity contribution is 0.112. The predicted molar refractivity (Wildman–Crippen MR) is 72.8 cm³/mol. The number of para-hydroxylation sites is 1. The van der Waals surface area contributed by atoms with Crippen LogP contribution in [-0.2, 0) is 0 Å². The van der Waals surface area contributed by atoms with Crippen LogP contribution in [0.1, 0.15) is 15.9 Å². The van der Waals surface area contributed by atoms with Gasteiger partial charge < -0.3 is 4.74 Å². The Bertz CT molecular complexity index is 544. The maximum Gasteiger partial charge on any atom is 0.153 e. The van der Waals surface area contributed by atoms with Gasteiger partial charge in [0.1, 0.15) is 12.4 Å². The van der Waals surface area contributed by atoms with E-state index in [2.05, 4.69) is 6.58 Å². The summed E-state index contributed by atoms with van der Waals surface area (Å²) in [6, 6.07) is 17.0. The highest BCUT2D eigenvalue weighted by molar-refractivity contribution is 5.79. The van der Waals surface area contributed by atoms with E-state index in [0.29, 0.717) is 17.9 Å². The zero-order valence-electron chi connectivity index (χ0n) is 10.0. The first kappa shape index (κ1) is 12.1. The molecule has 0 aromatic heterocycles. The highest BCUT2D eigenvalue weighted by atomic mass is 16.5. The summed E-state index contributed by atoms with van der Waals surface area (Å²) in [5, 5.41) is 0. The number of hydrogen-bond acceptors (Lipinski definition) is 2. The van der Waals surface area contributed by atoms with Crippen molar-refractivity contribution in [2.75, 3.05) is 6.61 Å². The molecule has 0 unspecified atom stereocenters. The van der Waals surface area contributed by atoms with Crippen LogP contribution in [0.5, 0.6) is 5.75 Å². The van der Waals surface area contributed by atoms with E-state index in [9.17, 15) is 4.79 Å². The van der Waals surface area contributed by atoms with Gasteiger partial charge in [-0.3, -0.25) is 4.79 Å². The third-order valence-corrected chi connectivity index (χ3v) is 2.63. The average molecular weight is 238 g/mol. The van der Waals surface area contributed by atoms with E-state index < -0.39 is 0 Å². The fourth-order valence-electron chi connectivity index (χ4n) is 1.63. The molecule has 0 spiro atoms. The monoisotopic (exact) mass is 238 g/mol. The van der Waals surface area contributed by atoms with Crippen molar-refractivity contribution in [3.8, 4) is 5.75 Å². The van der Waals surface area contributed by atoms with Crippen molar-refractivity contribution in [2.45, 2.75) is 0 Å². The van der Waals surface area contributed by atoms with Crippen molar-refractivity contribution in [1.82, 2.24) is 0 Å². The summed E-state index contributed by atoms with van der Waals surface area (Å²) in [5.74, 6) is 0.588. The minimum Gasteiger partial charge on any atom is -0.488 e. The summed E-state index contributed by atoms with van der Waals surface area (Å²) >= 11 is 0. The Morgan fingerprint density at radius 2 is 1.72 bits per heavy atom. The lowest BCUT2D eigenvalue weighted by Gasteiger charge is -2.10. The summed E-state index contributed by atoms with van der Waals surface area (Å²) in [4.78, 5) is 10.8. The van der Waals surface area contributed by atoms with Crippen LogP contribution in [0.25, 0.3) is 5.57 Å². The first-order valence-corrected chi connectivity index (χ1v) is 5.71. The Labute approximate surface area is 107 Å². The van der Waals surface area contributed by atoms with E-state index in [1.165, 1.54) is 0 Å². The van der Waals surface area contributed by atoms with Crippen molar-refractivity contribution in [3.05, 3.63) is 72.3 Å². The lowest BCUT2D eigenvalue weighted by Crippen LogP contribution is -2.01. The molecule has 0 heterocycles. The quantitative estimate of drug-likeness (QED) is 0.744. The molecule has 18 heavy (non-hydrogen) atoms. The van der Waals surface area contributed by atoms with Crippen molar-refractivity contribution >= 4 is 11.9 Å². The molecule has 0 radical (unpaired) electrons. The molecule has 0 aliphatic rings. The van der Waals surface area contributed by atoms with E-state index in [-0.39, 0.29) is 0 Å². The van der Waals surface area contributed by atoms with Crippen LogP contribution in [0.4, 0.5) is 0 Å². The van der Waals surface area contributed by atoms with Crippen LogP contribution in [0.2, 0.25) is 0 Å². The van der Waals surface area contributed by atoms with Crippen molar-refractivity contribution in [1.29, 1.82) is 0 Å². The lowest BCUT2D eigenvalue weighted by atomic mass is 10.1. The molecule has 0 aliphatic carbocycles. The number of aldehydes is 1. The Hall–Kier alpha value is -2.35. The minimum atomic E-state index is 0.370. The van der Waals surface area contributed by atoms with Gasteiger partial charge in [-0.25, -0.2) is 0 Å². The van der Waals surface area contributed by atoms with Crippen LogP contribution >= 0.6 is 0 Å².